The Morgan fingerprint density at radius 2 is 1.78 bits per heavy atom. The Morgan fingerprint density at radius 1 is 1.06 bits per heavy atom. The summed E-state index contributed by atoms with van der Waals surface area (Å²) >= 11 is 5.67. The van der Waals surface area contributed by atoms with Crippen LogP contribution < -0.4 is 0 Å². The second kappa shape index (κ2) is 9.22. The lowest BCUT2D eigenvalue weighted by Crippen LogP contribution is -2.48. The van der Waals surface area contributed by atoms with Crippen LogP contribution in [0, 0.1) is 17.5 Å². The fourth-order valence-corrected chi connectivity index (χ4v) is 5.66. The normalized spacial score (nSPS) is 15.8. The van der Waals surface area contributed by atoms with E-state index in [4.69, 9.17) is 17.3 Å². The van der Waals surface area contributed by atoms with Crippen molar-refractivity contribution < 1.29 is 12.8 Å². The SMILES string of the molecule is CCn1c(-c2cccc(C)c2)nn(CN2CCN(S(=O)(=O)c3cccc(F)c3)CC2)c1=S. The molecular formula is C22H26FN5O2S2. The van der Waals surface area contributed by atoms with E-state index in [0.717, 1.165) is 23.0 Å². The van der Waals surface area contributed by atoms with Gasteiger partial charge in [0, 0.05) is 38.3 Å². The summed E-state index contributed by atoms with van der Waals surface area (Å²) in [6, 6.07) is 13.3. The summed E-state index contributed by atoms with van der Waals surface area (Å²) in [5, 5.41) is 4.77. The van der Waals surface area contributed by atoms with Crippen molar-refractivity contribution in [2.24, 2.45) is 0 Å². The topological polar surface area (TPSA) is 63.4 Å². The molecule has 4 rings (SSSR count). The van der Waals surface area contributed by atoms with Crippen LogP contribution in [0.5, 0.6) is 0 Å². The molecule has 0 spiro atoms. The van der Waals surface area contributed by atoms with E-state index in [1.54, 1.807) is 4.68 Å². The van der Waals surface area contributed by atoms with Gasteiger partial charge < -0.3 is 4.57 Å². The van der Waals surface area contributed by atoms with E-state index in [0.29, 0.717) is 44.2 Å². The summed E-state index contributed by atoms with van der Waals surface area (Å²) in [7, 11) is -3.72. The standard InChI is InChI=1S/C22H26FN5O2S2/c1-3-27-21(18-7-4-6-17(2)14-18)24-28(22(27)31)16-25-10-12-26(13-11-25)32(29,30)20-9-5-8-19(23)15-20/h4-9,14-15H,3,10-13,16H2,1-2H3. The van der Waals surface area contributed by atoms with Crippen molar-refractivity contribution in [1.82, 2.24) is 23.6 Å². The first-order valence-corrected chi connectivity index (χ1v) is 12.4. The lowest BCUT2D eigenvalue weighted by Gasteiger charge is -2.33. The minimum atomic E-state index is -3.72. The van der Waals surface area contributed by atoms with Crippen molar-refractivity contribution in [2.45, 2.75) is 32.0 Å². The molecule has 0 bridgehead atoms. The number of hydrogen-bond donors (Lipinski definition) is 0. The van der Waals surface area contributed by atoms with E-state index in [2.05, 4.69) is 11.0 Å². The molecule has 2 aromatic carbocycles. The molecule has 0 atom stereocenters. The fraction of sp³-hybridized carbons (Fsp3) is 0.364. The quantitative estimate of drug-likeness (QED) is 0.511. The average molecular weight is 476 g/mol. The van der Waals surface area contributed by atoms with Crippen LogP contribution in [0.2, 0.25) is 0 Å². The Kier molecular flexibility index (Phi) is 6.57. The summed E-state index contributed by atoms with van der Waals surface area (Å²) in [6.07, 6.45) is 0. The zero-order chi connectivity index (χ0) is 22.9. The van der Waals surface area contributed by atoms with Gasteiger partial charge in [-0.15, -0.1) is 0 Å². The molecule has 0 aliphatic carbocycles. The number of benzene rings is 2. The Hall–Kier alpha value is -2.40. The van der Waals surface area contributed by atoms with Gasteiger partial charge in [-0.3, -0.25) is 4.90 Å². The van der Waals surface area contributed by atoms with E-state index < -0.39 is 15.8 Å². The van der Waals surface area contributed by atoms with Crippen LogP contribution in [0.1, 0.15) is 12.5 Å². The number of rotatable bonds is 6. The van der Waals surface area contributed by atoms with Crippen LogP contribution in [0.4, 0.5) is 4.39 Å². The van der Waals surface area contributed by atoms with Gasteiger partial charge in [0.1, 0.15) is 5.82 Å². The summed E-state index contributed by atoms with van der Waals surface area (Å²) < 4.78 is 45.0. The van der Waals surface area contributed by atoms with Crippen molar-refractivity contribution in [3.05, 3.63) is 64.7 Å². The van der Waals surface area contributed by atoms with Gasteiger partial charge in [0.05, 0.1) is 11.6 Å². The number of sulfonamides is 1. The van der Waals surface area contributed by atoms with Crippen molar-refractivity contribution in [3.8, 4) is 11.4 Å². The Balaban J connectivity index is 1.48. The van der Waals surface area contributed by atoms with Crippen LogP contribution in [0.15, 0.2) is 53.4 Å². The molecule has 3 aromatic rings. The third-order valence-electron chi connectivity index (χ3n) is 5.61. The highest BCUT2D eigenvalue weighted by atomic mass is 32.2. The number of aryl methyl sites for hydroxylation is 1. The highest BCUT2D eigenvalue weighted by molar-refractivity contribution is 7.89. The second-order valence-corrected chi connectivity index (χ2v) is 10.1. The maximum Gasteiger partial charge on any atom is 0.243 e. The van der Waals surface area contributed by atoms with Gasteiger partial charge in [0.15, 0.2) is 10.6 Å². The zero-order valence-electron chi connectivity index (χ0n) is 18.1. The van der Waals surface area contributed by atoms with E-state index >= 15 is 0 Å². The minimum Gasteiger partial charge on any atom is -0.300 e. The second-order valence-electron chi connectivity index (χ2n) is 7.84. The number of aromatic nitrogens is 3. The molecule has 0 unspecified atom stereocenters. The largest absolute Gasteiger partial charge is 0.300 e. The monoisotopic (exact) mass is 475 g/mol. The van der Waals surface area contributed by atoms with Gasteiger partial charge in [-0.1, -0.05) is 29.8 Å². The molecule has 2 heterocycles. The molecule has 0 N–H and O–H groups in total. The fourth-order valence-electron chi connectivity index (χ4n) is 3.89. The van der Waals surface area contributed by atoms with Crippen LogP contribution in [-0.4, -0.2) is 58.1 Å². The van der Waals surface area contributed by atoms with E-state index in [1.807, 2.05) is 36.6 Å². The van der Waals surface area contributed by atoms with Crippen LogP contribution in [0.3, 0.4) is 0 Å². The molecule has 1 fully saturated rings. The molecule has 1 saturated heterocycles. The van der Waals surface area contributed by atoms with Crippen molar-refractivity contribution in [2.75, 3.05) is 26.2 Å². The predicted octanol–water partition coefficient (Wildman–Crippen LogP) is 3.51. The average Bonchev–Trinajstić information content (AvgIpc) is 3.09. The van der Waals surface area contributed by atoms with Crippen LogP contribution in [0.25, 0.3) is 11.4 Å². The van der Waals surface area contributed by atoms with Gasteiger partial charge in [-0.25, -0.2) is 17.5 Å². The molecule has 32 heavy (non-hydrogen) atoms. The third kappa shape index (κ3) is 4.54. The molecule has 170 valence electrons. The van der Waals surface area contributed by atoms with E-state index in [1.165, 1.54) is 22.5 Å². The molecule has 1 aliphatic heterocycles. The summed E-state index contributed by atoms with van der Waals surface area (Å²) in [5.74, 6) is 0.267. The molecule has 10 heteroatoms. The molecule has 7 nitrogen and oxygen atoms in total. The van der Waals surface area contributed by atoms with Gasteiger partial charge in [0.2, 0.25) is 10.0 Å². The van der Waals surface area contributed by atoms with E-state index in [-0.39, 0.29) is 4.90 Å². The summed E-state index contributed by atoms with van der Waals surface area (Å²) in [5.41, 5.74) is 2.17. The Bertz CT molecular complexity index is 1280. The number of piperazine rings is 1. The molecule has 0 radical (unpaired) electrons. The molecule has 1 aromatic heterocycles. The van der Waals surface area contributed by atoms with Gasteiger partial charge in [-0.2, -0.15) is 9.40 Å². The third-order valence-corrected chi connectivity index (χ3v) is 7.94. The van der Waals surface area contributed by atoms with Crippen molar-refractivity contribution >= 4 is 22.2 Å². The first-order valence-electron chi connectivity index (χ1n) is 10.5. The molecular weight excluding hydrogens is 449 g/mol. The minimum absolute atomic E-state index is 0.0161. The first-order chi connectivity index (χ1) is 15.3. The Labute approximate surface area is 192 Å². The van der Waals surface area contributed by atoms with Crippen molar-refractivity contribution in [1.29, 1.82) is 0 Å². The van der Waals surface area contributed by atoms with Gasteiger partial charge in [0.25, 0.3) is 0 Å². The highest BCUT2D eigenvalue weighted by Gasteiger charge is 2.29. The number of hydrogen-bond acceptors (Lipinski definition) is 5. The molecule has 1 aliphatic rings. The van der Waals surface area contributed by atoms with Gasteiger partial charge in [-0.05, 0) is 50.3 Å². The van der Waals surface area contributed by atoms with E-state index in [9.17, 15) is 12.8 Å². The van der Waals surface area contributed by atoms with Crippen LogP contribution in [-0.2, 0) is 23.2 Å². The lowest BCUT2D eigenvalue weighted by atomic mass is 10.1. The zero-order valence-corrected chi connectivity index (χ0v) is 19.7. The maximum absolute atomic E-state index is 13.5. The number of halogens is 1. The highest BCUT2D eigenvalue weighted by Crippen LogP contribution is 2.21. The van der Waals surface area contributed by atoms with Crippen molar-refractivity contribution in [3.63, 3.8) is 0 Å². The van der Waals surface area contributed by atoms with Crippen LogP contribution >= 0.6 is 12.2 Å². The smallest absolute Gasteiger partial charge is 0.243 e. The Morgan fingerprint density at radius 3 is 2.44 bits per heavy atom. The molecule has 0 amide bonds. The lowest BCUT2D eigenvalue weighted by molar-refractivity contribution is 0.144. The molecule has 0 saturated carbocycles. The van der Waals surface area contributed by atoms with Gasteiger partial charge >= 0.3 is 0 Å². The first kappa shape index (κ1) is 22.8. The maximum atomic E-state index is 13.5. The predicted molar refractivity (Wildman–Crippen MR) is 124 cm³/mol. The summed E-state index contributed by atoms with van der Waals surface area (Å²) in [4.78, 5) is 2.11. The summed E-state index contributed by atoms with van der Waals surface area (Å²) in [6.45, 7) is 7.00. The number of nitrogens with zero attached hydrogens (tertiary/aromatic N) is 5.